The maximum Gasteiger partial charge on any atom is 0.321 e. The number of nitrogens with zero attached hydrogens (tertiary/aromatic N) is 5. The first-order valence-electron chi connectivity index (χ1n) is 23.7. The van der Waals surface area contributed by atoms with Crippen LogP contribution >= 0.6 is 11.8 Å². The number of thioether (sulfide) groups is 1. The minimum Gasteiger partial charge on any atom is -0.496 e. The molecule has 0 saturated carbocycles. The fourth-order valence-electron chi connectivity index (χ4n) is 7.15. The Morgan fingerprint density at radius 2 is 1.51 bits per heavy atom. The van der Waals surface area contributed by atoms with Crippen molar-refractivity contribution in [1.29, 1.82) is 0 Å². The van der Waals surface area contributed by atoms with Gasteiger partial charge in [0.15, 0.2) is 5.82 Å². The van der Waals surface area contributed by atoms with E-state index in [1.165, 1.54) is 0 Å². The first-order chi connectivity index (χ1) is 33.5. The molecule has 386 valence electrons. The van der Waals surface area contributed by atoms with E-state index in [-0.39, 0.29) is 37.4 Å². The number of piperazine rings is 1. The summed E-state index contributed by atoms with van der Waals surface area (Å²) in [6.07, 6.45) is 6.70. The first kappa shape index (κ1) is 56.7. The van der Waals surface area contributed by atoms with E-state index in [1.807, 2.05) is 17.2 Å². The molecule has 2 amide bonds. The number of nitrogens with two attached hydrogens (primary N) is 2. The molecule has 22 nitrogen and oxygen atoms in total. The summed E-state index contributed by atoms with van der Waals surface area (Å²) in [4.78, 5) is 70.7. The van der Waals surface area contributed by atoms with E-state index in [4.69, 9.17) is 55.1 Å². The number of anilines is 2. The third-order valence-corrected chi connectivity index (χ3v) is 12.2. The van der Waals surface area contributed by atoms with E-state index in [2.05, 4.69) is 55.2 Å². The number of nitrogen functional groups attached to an aromatic ring is 1. The number of hydrogen-bond acceptors (Lipinski definition) is 18. The molecule has 1 saturated heterocycles. The van der Waals surface area contributed by atoms with E-state index in [9.17, 15) is 19.2 Å². The van der Waals surface area contributed by atoms with Gasteiger partial charge in [-0.1, -0.05) is 31.9 Å². The van der Waals surface area contributed by atoms with Gasteiger partial charge in [0, 0.05) is 69.9 Å². The molecular formula is C46H73N9O13S. The van der Waals surface area contributed by atoms with E-state index < -0.39 is 35.6 Å². The van der Waals surface area contributed by atoms with Crippen molar-refractivity contribution in [2.45, 2.75) is 76.3 Å². The van der Waals surface area contributed by atoms with Crippen LogP contribution < -0.4 is 26.8 Å². The third-order valence-electron chi connectivity index (χ3n) is 10.9. The fraction of sp³-hybridized carbons (Fsp3) is 0.652. The number of carboxylic acids is 2. The van der Waals surface area contributed by atoms with E-state index in [1.54, 1.807) is 7.11 Å². The van der Waals surface area contributed by atoms with Crippen LogP contribution in [-0.2, 0) is 61.0 Å². The van der Waals surface area contributed by atoms with Crippen molar-refractivity contribution in [1.82, 2.24) is 29.7 Å². The van der Waals surface area contributed by atoms with Crippen LogP contribution in [0.1, 0.15) is 63.0 Å². The maximum absolute atomic E-state index is 12.9. The van der Waals surface area contributed by atoms with E-state index in [0.29, 0.717) is 78.9 Å². The SMILES string of the molecule is CCCCCNc1nc(N)nc2ccn(Cc3ccc(CN4CCN(C(=O)CCOCCOCCOOCCCCOCCOCCNC(=O)[C@H](CC(=O)O)SC[C@H](N)C(=O)O)CC4)cc3OC)c12. The number of carbonyl (C=O) groups excluding carboxylic acids is 2. The van der Waals surface area contributed by atoms with Gasteiger partial charge in [0.2, 0.25) is 17.8 Å². The molecule has 1 aromatic carbocycles. The van der Waals surface area contributed by atoms with Gasteiger partial charge in [-0.3, -0.25) is 24.1 Å². The quantitative estimate of drug-likeness (QED) is 0.0273. The Balaban J connectivity index is 0.950. The van der Waals surface area contributed by atoms with Crippen LogP contribution in [-0.4, -0.2) is 188 Å². The zero-order valence-corrected chi connectivity index (χ0v) is 40.9. The van der Waals surface area contributed by atoms with Crippen molar-refractivity contribution >= 4 is 58.3 Å². The van der Waals surface area contributed by atoms with Gasteiger partial charge in [-0.05, 0) is 37.0 Å². The smallest absolute Gasteiger partial charge is 0.321 e. The molecule has 23 heteroatoms. The Morgan fingerprint density at radius 1 is 0.812 bits per heavy atom. The molecule has 3 heterocycles. The molecule has 8 N–H and O–H groups in total. The van der Waals surface area contributed by atoms with Crippen molar-refractivity contribution in [3.05, 3.63) is 41.6 Å². The number of methoxy groups -OCH3 is 1. The Hall–Kier alpha value is -4.85. The monoisotopic (exact) mass is 992 g/mol. The van der Waals surface area contributed by atoms with Gasteiger partial charge in [0.25, 0.3) is 0 Å². The molecule has 0 aliphatic carbocycles. The summed E-state index contributed by atoms with van der Waals surface area (Å²) in [5.41, 5.74) is 15.4. The number of hydrogen-bond donors (Lipinski definition) is 6. The minimum absolute atomic E-state index is 0.0833. The van der Waals surface area contributed by atoms with Crippen LogP contribution in [0, 0.1) is 0 Å². The number of aromatic nitrogens is 3. The van der Waals surface area contributed by atoms with Gasteiger partial charge in [0.05, 0.1) is 90.1 Å². The number of carbonyl (C=O) groups is 4. The number of aliphatic carboxylic acids is 2. The minimum atomic E-state index is -1.22. The van der Waals surface area contributed by atoms with Gasteiger partial charge >= 0.3 is 11.9 Å². The van der Waals surface area contributed by atoms with E-state index >= 15 is 0 Å². The number of unbranched alkanes of at least 4 members (excludes halogenated alkanes) is 3. The van der Waals surface area contributed by atoms with Crippen molar-refractivity contribution in [3.8, 4) is 5.75 Å². The maximum atomic E-state index is 12.9. The molecule has 2 atom stereocenters. The second kappa shape index (κ2) is 32.9. The van der Waals surface area contributed by atoms with Crippen LogP contribution in [0.15, 0.2) is 30.5 Å². The number of carboxylic acid groups (broad SMARTS) is 2. The lowest BCUT2D eigenvalue weighted by Crippen LogP contribution is -2.48. The number of benzene rings is 1. The van der Waals surface area contributed by atoms with Crippen LogP contribution in [0.3, 0.4) is 0 Å². The van der Waals surface area contributed by atoms with Gasteiger partial charge in [-0.2, -0.15) is 4.98 Å². The summed E-state index contributed by atoms with van der Waals surface area (Å²) in [6, 6.07) is 7.12. The average molecular weight is 992 g/mol. The summed E-state index contributed by atoms with van der Waals surface area (Å²) in [7, 11) is 1.69. The average Bonchev–Trinajstić information content (AvgIpc) is 3.74. The lowest BCUT2D eigenvalue weighted by molar-refractivity contribution is -0.299. The molecule has 1 aliphatic heterocycles. The summed E-state index contributed by atoms with van der Waals surface area (Å²) in [5.74, 6) is -1.12. The second-order valence-corrected chi connectivity index (χ2v) is 17.5. The van der Waals surface area contributed by atoms with Crippen LogP contribution in [0.25, 0.3) is 11.0 Å². The second-order valence-electron chi connectivity index (χ2n) is 16.3. The predicted molar refractivity (Wildman–Crippen MR) is 260 cm³/mol. The molecule has 2 aromatic heterocycles. The summed E-state index contributed by atoms with van der Waals surface area (Å²) in [5, 5.41) is 23.0. The lowest BCUT2D eigenvalue weighted by atomic mass is 10.1. The standard InChI is InChI=1S/C46H73N9O13S/c1-3-4-5-12-49-43-42-37(51-46(48)52-43)10-14-55(42)32-35-9-8-34(29-38(35)62-2)31-53-15-17-54(18-16-53)40(56)11-21-64-24-26-66-27-28-68-67-20-7-6-19-63-23-25-65-22-13-50-44(59)39(30-41(57)58)69-33-36(47)45(60)61/h8-10,14,29,36,39H,3-7,11-13,15-28,30-33,47H2,1-2H3,(H,50,59)(H,57,58)(H,60,61)(H3,48,49,51,52)/t36-,39-/m0/s1. The molecule has 0 unspecified atom stereocenters. The lowest BCUT2D eigenvalue weighted by Gasteiger charge is -2.35. The number of nitrogens with one attached hydrogen (secondary N) is 2. The number of rotatable bonds is 38. The molecule has 69 heavy (non-hydrogen) atoms. The highest BCUT2D eigenvalue weighted by Crippen LogP contribution is 2.28. The molecule has 1 fully saturated rings. The molecule has 0 radical (unpaired) electrons. The number of ether oxygens (including phenoxy) is 5. The Kier molecular flexibility index (Phi) is 27.0. The normalized spacial score (nSPS) is 13.9. The summed E-state index contributed by atoms with van der Waals surface area (Å²) < 4.78 is 30.1. The van der Waals surface area contributed by atoms with Crippen molar-refractivity contribution in [3.63, 3.8) is 0 Å². The van der Waals surface area contributed by atoms with Gasteiger partial charge in [-0.25, -0.2) is 14.8 Å². The summed E-state index contributed by atoms with van der Waals surface area (Å²) >= 11 is 0.890. The van der Waals surface area contributed by atoms with Gasteiger partial charge in [0.1, 0.15) is 23.9 Å². The van der Waals surface area contributed by atoms with Crippen molar-refractivity contribution in [2.75, 3.05) is 129 Å². The molecule has 4 rings (SSSR count). The Labute approximate surface area is 408 Å². The molecule has 0 bridgehead atoms. The van der Waals surface area contributed by atoms with Crippen LogP contribution in [0.5, 0.6) is 5.75 Å². The topological polar surface area (TPSA) is 287 Å². The van der Waals surface area contributed by atoms with Crippen molar-refractivity contribution in [2.24, 2.45) is 5.73 Å². The highest BCUT2D eigenvalue weighted by Gasteiger charge is 2.25. The molecule has 3 aromatic rings. The van der Waals surface area contributed by atoms with E-state index in [0.717, 1.165) is 104 Å². The highest BCUT2D eigenvalue weighted by atomic mass is 32.2. The Bertz CT molecular complexity index is 1990. The summed E-state index contributed by atoms with van der Waals surface area (Å²) in [6.45, 7) is 10.9. The zero-order valence-electron chi connectivity index (χ0n) is 40.1. The largest absolute Gasteiger partial charge is 0.496 e. The zero-order chi connectivity index (χ0) is 49.6. The Morgan fingerprint density at radius 3 is 2.23 bits per heavy atom. The van der Waals surface area contributed by atoms with Gasteiger partial charge in [-0.15, -0.1) is 11.8 Å². The highest BCUT2D eigenvalue weighted by molar-refractivity contribution is 8.00. The first-order valence-corrected chi connectivity index (χ1v) is 24.7. The number of fused-ring (bicyclic) bond motifs is 1. The van der Waals surface area contributed by atoms with Crippen molar-refractivity contribution < 1.29 is 62.9 Å². The third kappa shape index (κ3) is 21.8. The molecule has 1 aliphatic rings. The molecule has 0 spiro atoms. The molecular weight excluding hydrogens is 919 g/mol. The fourth-order valence-corrected chi connectivity index (χ4v) is 8.23. The van der Waals surface area contributed by atoms with Gasteiger partial charge < -0.3 is 65.5 Å². The van der Waals surface area contributed by atoms with Crippen LogP contribution in [0.4, 0.5) is 11.8 Å². The number of amides is 2. The predicted octanol–water partition coefficient (Wildman–Crippen LogP) is 2.61. The van der Waals surface area contributed by atoms with Crippen LogP contribution in [0.2, 0.25) is 0 Å².